The molecule has 128 valence electrons. The van der Waals surface area contributed by atoms with Crippen molar-refractivity contribution in [3.05, 3.63) is 35.7 Å². The van der Waals surface area contributed by atoms with Gasteiger partial charge in [0.15, 0.2) is 5.69 Å². The number of carbonyl (C=O) groups excluding carboxylic acids is 1. The van der Waals surface area contributed by atoms with Crippen LogP contribution in [0.15, 0.2) is 24.3 Å². The number of ether oxygens (including phenoxy) is 2. The van der Waals surface area contributed by atoms with Gasteiger partial charge in [0.25, 0.3) is 5.91 Å². The Morgan fingerprint density at radius 2 is 2.21 bits per heavy atom. The molecule has 1 saturated heterocycles. The fraction of sp³-hybridized carbons (Fsp3) is 0.471. The highest BCUT2D eigenvalue weighted by Gasteiger charge is 2.20. The summed E-state index contributed by atoms with van der Waals surface area (Å²) in [4.78, 5) is 12.3. The van der Waals surface area contributed by atoms with Crippen molar-refractivity contribution in [2.45, 2.75) is 32.8 Å². The zero-order chi connectivity index (χ0) is 16.9. The summed E-state index contributed by atoms with van der Waals surface area (Å²) in [6, 6.07) is 7.52. The lowest BCUT2D eigenvalue weighted by molar-refractivity contribution is 0.0853. The summed E-state index contributed by atoms with van der Waals surface area (Å²) in [6.45, 7) is 5.67. The van der Waals surface area contributed by atoms with Crippen LogP contribution in [0.25, 0.3) is 5.69 Å². The van der Waals surface area contributed by atoms with Gasteiger partial charge < -0.3 is 14.8 Å². The highest BCUT2D eigenvalue weighted by Crippen LogP contribution is 2.17. The maximum absolute atomic E-state index is 12.3. The van der Waals surface area contributed by atoms with Crippen molar-refractivity contribution in [1.29, 1.82) is 0 Å². The van der Waals surface area contributed by atoms with E-state index in [9.17, 15) is 4.79 Å². The number of amides is 1. The molecule has 7 heteroatoms. The minimum atomic E-state index is -0.222. The molecule has 2 heterocycles. The molecule has 24 heavy (non-hydrogen) atoms. The van der Waals surface area contributed by atoms with Crippen LogP contribution in [0.1, 0.15) is 35.9 Å². The molecule has 1 amide bonds. The number of nitrogens with one attached hydrogen (secondary N) is 1. The number of benzene rings is 1. The Hall–Kier alpha value is -2.41. The Balaban J connectivity index is 1.69. The lowest BCUT2D eigenvalue weighted by Crippen LogP contribution is -2.32. The van der Waals surface area contributed by atoms with E-state index in [1.807, 2.05) is 38.1 Å². The number of carbonyl (C=O) groups is 1. The highest BCUT2D eigenvalue weighted by atomic mass is 16.5. The average molecular weight is 330 g/mol. The molecule has 0 spiro atoms. The number of aromatic nitrogens is 3. The number of hydrogen-bond donors (Lipinski definition) is 1. The van der Waals surface area contributed by atoms with E-state index in [0.717, 1.165) is 30.9 Å². The summed E-state index contributed by atoms with van der Waals surface area (Å²) in [5, 5.41) is 11.0. The molecule has 1 atom stereocenters. The molecule has 1 aromatic carbocycles. The summed E-state index contributed by atoms with van der Waals surface area (Å²) >= 11 is 0. The van der Waals surface area contributed by atoms with Gasteiger partial charge in [0.1, 0.15) is 5.75 Å². The van der Waals surface area contributed by atoms with Crippen molar-refractivity contribution in [2.24, 2.45) is 0 Å². The average Bonchev–Trinajstić information content (AvgIpc) is 3.23. The van der Waals surface area contributed by atoms with Gasteiger partial charge in [0.2, 0.25) is 0 Å². The molecular formula is C17H22N4O3. The topological polar surface area (TPSA) is 78.3 Å². The maximum atomic E-state index is 12.3. The molecule has 1 aromatic heterocycles. The van der Waals surface area contributed by atoms with E-state index >= 15 is 0 Å². The molecule has 0 radical (unpaired) electrons. The standard InChI is InChI=1S/C17H22N4O3/c1-3-23-14-8-6-13(7-9-14)21-12(2)16(19-20-21)17(22)18-11-15-5-4-10-24-15/h6-9,15H,3-5,10-11H2,1-2H3,(H,18,22)/t15-/m1/s1. The van der Waals surface area contributed by atoms with Crippen molar-refractivity contribution in [3.8, 4) is 11.4 Å². The van der Waals surface area contributed by atoms with Gasteiger partial charge in [-0.25, -0.2) is 4.68 Å². The predicted octanol–water partition coefficient (Wildman–Crippen LogP) is 1.88. The Morgan fingerprint density at radius 3 is 2.88 bits per heavy atom. The van der Waals surface area contributed by atoms with Gasteiger partial charge in [-0.15, -0.1) is 5.10 Å². The van der Waals surface area contributed by atoms with E-state index in [2.05, 4.69) is 15.6 Å². The molecule has 1 N–H and O–H groups in total. The van der Waals surface area contributed by atoms with Gasteiger partial charge in [0, 0.05) is 13.2 Å². The Morgan fingerprint density at radius 1 is 1.42 bits per heavy atom. The lowest BCUT2D eigenvalue weighted by Gasteiger charge is -2.10. The molecule has 0 aliphatic carbocycles. The van der Waals surface area contributed by atoms with E-state index in [1.165, 1.54) is 0 Å². The Kier molecular flexibility index (Phi) is 5.10. The van der Waals surface area contributed by atoms with Crippen LogP contribution in [-0.2, 0) is 4.74 Å². The van der Waals surface area contributed by atoms with Gasteiger partial charge in [0.05, 0.1) is 24.1 Å². The quantitative estimate of drug-likeness (QED) is 0.875. The highest BCUT2D eigenvalue weighted by molar-refractivity contribution is 5.93. The first-order chi connectivity index (χ1) is 11.7. The van der Waals surface area contributed by atoms with Gasteiger partial charge in [-0.05, 0) is 51.0 Å². The summed E-state index contributed by atoms with van der Waals surface area (Å²) in [5.74, 6) is 0.578. The SMILES string of the molecule is CCOc1ccc(-n2nnc(C(=O)NC[C@H]3CCCO3)c2C)cc1. The second kappa shape index (κ2) is 7.44. The van der Waals surface area contributed by atoms with Gasteiger partial charge in [-0.1, -0.05) is 5.21 Å². The second-order valence-corrected chi connectivity index (χ2v) is 5.71. The fourth-order valence-corrected chi connectivity index (χ4v) is 2.73. The smallest absolute Gasteiger partial charge is 0.273 e. The molecule has 1 aliphatic rings. The monoisotopic (exact) mass is 330 g/mol. The first kappa shape index (κ1) is 16.4. The van der Waals surface area contributed by atoms with Gasteiger partial charge >= 0.3 is 0 Å². The van der Waals surface area contributed by atoms with Crippen molar-refractivity contribution in [2.75, 3.05) is 19.8 Å². The maximum Gasteiger partial charge on any atom is 0.273 e. The van der Waals surface area contributed by atoms with E-state index in [1.54, 1.807) is 4.68 Å². The molecule has 0 saturated carbocycles. The third-order valence-corrected chi connectivity index (χ3v) is 4.02. The van der Waals surface area contributed by atoms with Gasteiger partial charge in [-0.2, -0.15) is 0 Å². The van der Waals surface area contributed by atoms with E-state index < -0.39 is 0 Å². The Bertz CT molecular complexity index is 690. The minimum absolute atomic E-state index is 0.107. The van der Waals surface area contributed by atoms with E-state index in [0.29, 0.717) is 24.5 Å². The van der Waals surface area contributed by atoms with Crippen molar-refractivity contribution in [1.82, 2.24) is 20.3 Å². The molecule has 1 aliphatic heterocycles. The van der Waals surface area contributed by atoms with Crippen LogP contribution in [0.3, 0.4) is 0 Å². The Labute approximate surface area is 141 Å². The molecule has 2 aromatic rings. The van der Waals surface area contributed by atoms with Crippen LogP contribution < -0.4 is 10.1 Å². The van der Waals surface area contributed by atoms with E-state index in [4.69, 9.17) is 9.47 Å². The van der Waals surface area contributed by atoms with Crippen molar-refractivity contribution < 1.29 is 14.3 Å². The largest absolute Gasteiger partial charge is 0.494 e. The van der Waals surface area contributed by atoms with Crippen molar-refractivity contribution >= 4 is 5.91 Å². The zero-order valence-corrected chi connectivity index (χ0v) is 14.0. The third kappa shape index (κ3) is 3.56. The molecular weight excluding hydrogens is 308 g/mol. The van der Waals surface area contributed by atoms with Crippen LogP contribution in [0, 0.1) is 6.92 Å². The van der Waals surface area contributed by atoms with Crippen LogP contribution in [0.4, 0.5) is 0 Å². The number of nitrogens with zero attached hydrogens (tertiary/aromatic N) is 3. The third-order valence-electron chi connectivity index (χ3n) is 4.02. The van der Waals surface area contributed by atoms with Crippen LogP contribution in [-0.4, -0.2) is 46.8 Å². The molecule has 7 nitrogen and oxygen atoms in total. The molecule has 0 bridgehead atoms. The van der Waals surface area contributed by atoms with E-state index in [-0.39, 0.29) is 12.0 Å². The summed E-state index contributed by atoms with van der Waals surface area (Å²) in [7, 11) is 0. The molecule has 0 unspecified atom stereocenters. The minimum Gasteiger partial charge on any atom is -0.494 e. The van der Waals surface area contributed by atoms with Crippen LogP contribution >= 0.6 is 0 Å². The fourth-order valence-electron chi connectivity index (χ4n) is 2.73. The first-order valence-corrected chi connectivity index (χ1v) is 8.24. The van der Waals surface area contributed by atoms with Crippen LogP contribution in [0.5, 0.6) is 5.75 Å². The second-order valence-electron chi connectivity index (χ2n) is 5.71. The molecule has 1 fully saturated rings. The van der Waals surface area contributed by atoms with Gasteiger partial charge in [-0.3, -0.25) is 4.79 Å². The zero-order valence-electron chi connectivity index (χ0n) is 14.0. The number of rotatable bonds is 6. The number of hydrogen-bond acceptors (Lipinski definition) is 5. The molecule has 3 rings (SSSR count). The summed E-state index contributed by atoms with van der Waals surface area (Å²) in [6.07, 6.45) is 2.14. The predicted molar refractivity (Wildman–Crippen MR) is 88.6 cm³/mol. The van der Waals surface area contributed by atoms with Crippen LogP contribution in [0.2, 0.25) is 0 Å². The normalized spacial score (nSPS) is 17.0. The first-order valence-electron chi connectivity index (χ1n) is 8.24. The summed E-state index contributed by atoms with van der Waals surface area (Å²) < 4.78 is 12.6. The summed E-state index contributed by atoms with van der Waals surface area (Å²) in [5.41, 5.74) is 1.87. The lowest BCUT2D eigenvalue weighted by atomic mass is 10.2. The van der Waals surface area contributed by atoms with Crippen molar-refractivity contribution in [3.63, 3.8) is 0 Å².